The Balaban J connectivity index is 0.000000139. The van der Waals surface area contributed by atoms with Gasteiger partial charge in [0.2, 0.25) is 69.3 Å². The van der Waals surface area contributed by atoms with Crippen LogP contribution in [0, 0.1) is 47.4 Å². The maximum absolute atomic E-state index is 13.7. The number of likely N-dealkylation sites (tertiary alicyclic amines) is 5. The highest BCUT2D eigenvalue weighted by Gasteiger charge is 2.30. The number of ether oxygens (including phenoxy) is 3. The van der Waals surface area contributed by atoms with E-state index in [0.717, 1.165) is 241 Å². The summed E-state index contributed by atoms with van der Waals surface area (Å²) in [6.45, 7) is 25.6. The van der Waals surface area contributed by atoms with Crippen LogP contribution in [0.25, 0.3) is 56.3 Å². The van der Waals surface area contributed by atoms with Gasteiger partial charge in [0.25, 0.3) is 0 Å². The number of unbranched alkanes of at least 4 members (excludes halogenated alkanes) is 1. The Hall–Kier alpha value is -13.9. The lowest BCUT2D eigenvalue weighted by Gasteiger charge is -2.26. The topological polar surface area (TPSA) is 486 Å². The van der Waals surface area contributed by atoms with Crippen molar-refractivity contribution in [3.63, 3.8) is 0 Å². The molecule has 0 radical (unpaired) electrons. The first-order valence-corrected chi connectivity index (χ1v) is 49.6. The van der Waals surface area contributed by atoms with Crippen LogP contribution < -0.4 is 59.4 Å². The van der Waals surface area contributed by atoms with Crippen LogP contribution in [0.15, 0.2) is 113 Å². The minimum absolute atomic E-state index is 0.102. The lowest BCUT2D eigenvalue weighted by atomic mass is 9.96. The van der Waals surface area contributed by atoms with E-state index in [1.165, 1.54) is 32.6 Å². The number of carbonyl (C=O) groups excluding carboxylic acids is 5. The zero-order valence-corrected chi connectivity index (χ0v) is 81.4. The van der Waals surface area contributed by atoms with Gasteiger partial charge in [-0.2, -0.15) is 24.2 Å². The van der Waals surface area contributed by atoms with Crippen LogP contribution in [0.1, 0.15) is 158 Å². The first kappa shape index (κ1) is 101. The van der Waals surface area contributed by atoms with Crippen LogP contribution in [0.3, 0.4) is 0 Å². The number of nitrogens with one attached hydrogen (secondary N) is 4. The first-order valence-electron chi connectivity index (χ1n) is 48.1. The average Bonchev–Trinajstić information content (AvgIpc) is 1.74. The number of aromatic nitrogens is 10. The number of sulfonamides is 1. The van der Waals surface area contributed by atoms with Gasteiger partial charge in [-0.05, 0) is 212 Å². The van der Waals surface area contributed by atoms with Gasteiger partial charge in [0.15, 0.2) is 0 Å². The van der Waals surface area contributed by atoms with E-state index in [-0.39, 0.29) is 58.1 Å². The third-order valence-corrected chi connectivity index (χ3v) is 28.0. The molecule has 0 atom stereocenters. The number of carbonyl (C=O) groups is 5. The molecule has 14 N–H and O–H groups in total. The molecule has 10 aromatic rings. The average molecular weight is 1920 g/mol. The number of amides is 5. The molecule has 736 valence electrons. The summed E-state index contributed by atoms with van der Waals surface area (Å²) in [4.78, 5) is 116. The molecule has 8 aliphatic rings. The van der Waals surface area contributed by atoms with E-state index in [1.807, 2.05) is 107 Å². The number of halogens is 1. The van der Waals surface area contributed by atoms with Crippen molar-refractivity contribution < 1.29 is 51.0 Å². The Morgan fingerprint density at radius 3 is 1.28 bits per heavy atom. The summed E-state index contributed by atoms with van der Waals surface area (Å²) in [6, 6.07) is 31.9. The maximum atomic E-state index is 13.7. The lowest BCUT2D eigenvalue weighted by Crippen LogP contribution is -2.40. The molecule has 36 nitrogen and oxygen atoms in total. The fraction of sp³-hybridized carbons (Fsp3) is 0.446. The van der Waals surface area contributed by atoms with Crippen molar-refractivity contribution in [1.82, 2.24) is 78.6 Å². The Bertz CT molecular complexity index is 6220. The van der Waals surface area contributed by atoms with Gasteiger partial charge in [0.05, 0.1) is 66.8 Å². The zero-order chi connectivity index (χ0) is 98.2. The number of methoxy groups -OCH3 is 1. The predicted molar refractivity (Wildman–Crippen MR) is 539 cm³/mol. The molecule has 18 rings (SSSR count). The fourth-order valence-corrected chi connectivity index (χ4v) is 19.6. The number of anilines is 9. The molecule has 5 amide bonds. The summed E-state index contributed by atoms with van der Waals surface area (Å²) in [5.41, 5.74) is 48.1. The predicted octanol–water partition coefficient (Wildman–Crippen LogP) is 12.2. The number of nitrogens with zero attached hydrogens (tertiary/aromatic N) is 17. The van der Waals surface area contributed by atoms with Gasteiger partial charge in [-0.25, -0.2) is 42.7 Å². The summed E-state index contributed by atoms with van der Waals surface area (Å²) in [6.07, 6.45) is 17.2. The largest absolute Gasteiger partial charge is 0.496 e. The number of para-hydroxylation sites is 1. The zero-order valence-electron chi connectivity index (χ0n) is 80.6. The molecule has 6 fully saturated rings. The minimum Gasteiger partial charge on any atom is -0.496 e. The molecule has 8 aliphatic heterocycles. The first-order chi connectivity index (χ1) is 67.1. The maximum Gasteiger partial charge on any atom is 0.243 e. The van der Waals surface area contributed by atoms with E-state index in [0.29, 0.717) is 142 Å². The number of aliphatic imine (C=N–C) groups is 1. The molecule has 0 bridgehead atoms. The normalized spacial score (nSPS) is 15.5. The SMILES string of the molecule is COc1ccc(-c2cc(NCCCN3CCCC3=O)nc(N)n2)c(C)c1C.Cc1c(-c2cc(CCCCN3CCCC3=O)nc(N)n2)ccc2c1C=NC2.Cc1c(F)ccc(-c2cc(NCCCN3CCCC3=O)nc(N)n2)c1C.Cc1ccc(S(=O)(=O)N2CCOCC2)cc1-c1cc(NCCCN2CCCC2=O)nc(N)n1.Nc1nc(NCCCN2CCCC2=O)cc(-c2cccc3c2OCC3)n1. The second-order valence-electron chi connectivity index (χ2n) is 35.7. The smallest absolute Gasteiger partial charge is 0.243 e. The standard InChI is InChI=1S/C22H30N6O4S.C21H25N5O.C20H27N5O2.C19H24FN5O.C19H23N5O2/c1-16-5-6-17(33(30,31)28-10-12-32-13-11-28)14-18(16)19-15-20(26-22(23)25-19)24-7-3-9-27-8-2-4-21(27)29;1-14-17(8-7-15-12-23-13-18(14)15)19-11-16(24-21(22)25-19)5-2-3-9-26-10-4-6-20(26)27;1-13-14(2)17(27-3)8-7-15(13)16-12-18(24-20(21)23-16)22-9-5-11-25-10-4-6-19(25)26;1-12-13(2)15(20)7-6-14(12)16-11-17(24-19(21)23-16)22-8-4-10-25-9-3-5-18(25)26;20-19-22-15(14-5-1-4-13-7-11-26-18(13)14)12-16(23-19)21-8-3-10-24-9-2-6-17(24)25/h5-6,14-15H,2-4,7-13H2,1H3,(H3,23,24,25,26);7-8,11,13H,2-6,9-10,12H2,1H3,(H2,22,24,25);7-8,12H,4-6,9-11H2,1-3H3,(H3,21,22,23,24);6-7,11H,3-5,8-10H2,1-2H3,(H3,21,22,23,24);1,4-5,12H,2-3,6-11H2,(H3,20,21,22,23). The molecular formula is C101H129FN26O10S. The summed E-state index contributed by atoms with van der Waals surface area (Å²) >= 11 is 0. The minimum atomic E-state index is -3.63. The summed E-state index contributed by atoms with van der Waals surface area (Å²) in [5.74, 6) is 6.39. The molecule has 0 aliphatic carbocycles. The van der Waals surface area contributed by atoms with E-state index >= 15 is 0 Å². The monoisotopic (exact) mass is 1920 g/mol. The van der Waals surface area contributed by atoms with Crippen LogP contribution in [0.2, 0.25) is 0 Å². The highest BCUT2D eigenvalue weighted by molar-refractivity contribution is 7.89. The van der Waals surface area contributed by atoms with Gasteiger partial charge in [-0.15, -0.1) is 0 Å². The van der Waals surface area contributed by atoms with Crippen LogP contribution in [-0.4, -0.2) is 254 Å². The van der Waals surface area contributed by atoms with Crippen molar-refractivity contribution in [3.05, 3.63) is 165 Å². The van der Waals surface area contributed by atoms with Crippen molar-refractivity contribution >= 4 is 98.8 Å². The van der Waals surface area contributed by atoms with Crippen molar-refractivity contribution in [2.45, 2.75) is 169 Å². The van der Waals surface area contributed by atoms with E-state index in [1.54, 1.807) is 44.4 Å². The van der Waals surface area contributed by atoms with Gasteiger partial charge in [-0.1, -0.05) is 30.3 Å². The second-order valence-corrected chi connectivity index (χ2v) is 37.6. The van der Waals surface area contributed by atoms with Gasteiger partial charge < -0.3 is 88.6 Å². The van der Waals surface area contributed by atoms with Crippen LogP contribution in [-0.2, 0) is 58.1 Å². The second kappa shape index (κ2) is 47.9. The summed E-state index contributed by atoms with van der Waals surface area (Å²) in [5, 5.41) is 13.1. The lowest BCUT2D eigenvalue weighted by molar-refractivity contribution is -0.128. The molecule has 0 saturated carbocycles. The van der Waals surface area contributed by atoms with Crippen molar-refractivity contribution in [2.75, 3.05) is 182 Å². The molecule has 6 saturated heterocycles. The van der Waals surface area contributed by atoms with Crippen molar-refractivity contribution in [1.29, 1.82) is 0 Å². The number of hydrogen-bond donors (Lipinski definition) is 9. The molecule has 13 heterocycles. The molecule has 38 heteroatoms. The number of aryl methyl sites for hydroxylation is 2. The van der Waals surface area contributed by atoms with Gasteiger partial charge >= 0.3 is 0 Å². The van der Waals surface area contributed by atoms with E-state index in [9.17, 15) is 36.8 Å². The van der Waals surface area contributed by atoms with Crippen molar-refractivity contribution in [2.24, 2.45) is 4.99 Å². The molecule has 0 spiro atoms. The number of fused-ring (bicyclic) bond motifs is 2. The van der Waals surface area contributed by atoms with Gasteiger partial charge in [0.1, 0.15) is 40.6 Å². The molecule has 5 aromatic carbocycles. The quantitative estimate of drug-likeness (QED) is 0.0172. The molecular weight excluding hydrogens is 1790 g/mol. The van der Waals surface area contributed by atoms with Crippen LogP contribution >= 0.6 is 0 Å². The summed E-state index contributed by atoms with van der Waals surface area (Å²) in [7, 11) is -1.96. The highest BCUT2D eigenvalue weighted by atomic mass is 32.2. The van der Waals surface area contributed by atoms with Crippen LogP contribution in [0.4, 0.5) is 57.4 Å². The highest BCUT2D eigenvalue weighted by Crippen LogP contribution is 2.39. The van der Waals surface area contributed by atoms with Crippen molar-refractivity contribution in [3.8, 4) is 67.8 Å². The number of morpholine rings is 1. The number of rotatable bonds is 33. The van der Waals surface area contributed by atoms with Gasteiger partial charge in [-0.3, -0.25) is 29.0 Å². The number of benzene rings is 5. The Morgan fingerprint density at radius 1 is 0.403 bits per heavy atom. The van der Waals surface area contributed by atoms with E-state index < -0.39 is 10.0 Å². The van der Waals surface area contributed by atoms with Gasteiger partial charge in [0, 0.05) is 213 Å². The molecule has 5 aromatic heterocycles. The third kappa shape index (κ3) is 26.7. The Kier molecular flexibility index (Phi) is 34.8. The fourth-order valence-electron chi connectivity index (χ4n) is 18.2. The Morgan fingerprint density at radius 2 is 0.820 bits per heavy atom. The number of nitrogens with two attached hydrogens (primary N) is 5. The number of nitrogen functional groups attached to an aromatic ring is 5. The molecule has 0 unspecified atom stereocenters. The Labute approximate surface area is 811 Å². The van der Waals surface area contributed by atoms with E-state index in [4.69, 9.17) is 42.9 Å². The molecule has 139 heavy (non-hydrogen) atoms. The number of hydrogen-bond acceptors (Lipinski definition) is 30. The summed E-state index contributed by atoms with van der Waals surface area (Å²) < 4.78 is 57.8. The van der Waals surface area contributed by atoms with E-state index in [2.05, 4.69) is 101 Å². The third-order valence-electron chi connectivity index (χ3n) is 26.1. The van der Waals surface area contributed by atoms with Crippen LogP contribution in [0.5, 0.6) is 11.5 Å².